The molecule has 0 aliphatic heterocycles. The highest BCUT2D eigenvalue weighted by Gasteiger charge is 2.24. The molecule has 0 spiro atoms. The van der Waals surface area contributed by atoms with Crippen LogP contribution in [0.15, 0.2) is 76.5 Å². The van der Waals surface area contributed by atoms with Gasteiger partial charge in [-0.25, -0.2) is 27.2 Å². The first-order valence-electron chi connectivity index (χ1n) is 10.2. The van der Waals surface area contributed by atoms with E-state index in [2.05, 4.69) is 15.1 Å². The van der Waals surface area contributed by atoms with Crippen LogP contribution in [0.5, 0.6) is 0 Å². The van der Waals surface area contributed by atoms with Gasteiger partial charge in [-0.2, -0.15) is 0 Å². The van der Waals surface area contributed by atoms with Crippen LogP contribution in [0.4, 0.5) is 0 Å². The van der Waals surface area contributed by atoms with Crippen molar-refractivity contribution in [2.45, 2.75) is 18.7 Å². The highest BCUT2D eigenvalue weighted by Crippen LogP contribution is 2.36. The summed E-state index contributed by atoms with van der Waals surface area (Å²) in [5, 5.41) is 13.9. The second kappa shape index (κ2) is 7.92. The summed E-state index contributed by atoms with van der Waals surface area (Å²) in [6, 6.07) is 12.9. The number of aromatic nitrogens is 4. The van der Waals surface area contributed by atoms with Crippen LogP contribution in [0.1, 0.15) is 21.9 Å². The Labute approximate surface area is 194 Å². The summed E-state index contributed by atoms with van der Waals surface area (Å²) < 4.78 is 33.4. The first-order valence-corrected chi connectivity index (χ1v) is 11.7. The highest BCUT2D eigenvalue weighted by atomic mass is 32.2. The number of carboxylic acids is 1. The van der Waals surface area contributed by atoms with Crippen molar-refractivity contribution in [2.24, 2.45) is 0 Å². The Morgan fingerprint density at radius 2 is 1.79 bits per heavy atom. The van der Waals surface area contributed by atoms with E-state index in [1.54, 1.807) is 37.4 Å². The van der Waals surface area contributed by atoms with Gasteiger partial charge in [0.1, 0.15) is 11.5 Å². The van der Waals surface area contributed by atoms with Crippen molar-refractivity contribution >= 4 is 27.0 Å². The molecule has 0 fully saturated rings. The van der Waals surface area contributed by atoms with Crippen molar-refractivity contribution in [3.8, 4) is 22.3 Å². The van der Waals surface area contributed by atoms with Gasteiger partial charge in [0.25, 0.3) is 10.0 Å². The number of carboxylic acid groups (broad SMARTS) is 1. The largest absolute Gasteiger partial charge is 0.477 e. The molecule has 4 aromatic heterocycles. The minimum atomic E-state index is -3.97. The molecule has 5 rings (SSSR count). The molecule has 1 aromatic carbocycles. The van der Waals surface area contributed by atoms with Crippen LogP contribution < -0.4 is 0 Å². The Morgan fingerprint density at radius 3 is 2.47 bits per heavy atom. The number of aromatic carboxylic acids is 1. The molecule has 0 saturated carbocycles. The zero-order chi connectivity index (χ0) is 24.0. The van der Waals surface area contributed by atoms with E-state index in [0.29, 0.717) is 33.5 Å². The van der Waals surface area contributed by atoms with Gasteiger partial charge in [-0.1, -0.05) is 23.4 Å². The Bertz CT molecular complexity index is 1650. The zero-order valence-electron chi connectivity index (χ0n) is 18.1. The summed E-state index contributed by atoms with van der Waals surface area (Å²) in [4.78, 5) is 20.0. The van der Waals surface area contributed by atoms with Crippen LogP contribution in [0.2, 0.25) is 0 Å². The van der Waals surface area contributed by atoms with E-state index in [0.717, 1.165) is 9.54 Å². The lowest BCUT2D eigenvalue weighted by atomic mass is 10.0. The summed E-state index contributed by atoms with van der Waals surface area (Å²) in [6.45, 7) is 3.59. The first kappa shape index (κ1) is 21.5. The third-order valence-corrected chi connectivity index (χ3v) is 7.19. The highest BCUT2D eigenvalue weighted by molar-refractivity contribution is 7.90. The van der Waals surface area contributed by atoms with E-state index < -0.39 is 16.0 Å². The van der Waals surface area contributed by atoms with Crippen LogP contribution in [-0.2, 0) is 10.0 Å². The van der Waals surface area contributed by atoms with Crippen molar-refractivity contribution in [2.75, 3.05) is 0 Å². The fourth-order valence-electron chi connectivity index (χ4n) is 3.95. The van der Waals surface area contributed by atoms with Gasteiger partial charge in [0.15, 0.2) is 5.65 Å². The molecule has 0 aliphatic carbocycles. The van der Waals surface area contributed by atoms with Gasteiger partial charge in [0.2, 0.25) is 0 Å². The number of carbonyl (C=O) groups is 1. The van der Waals surface area contributed by atoms with E-state index in [4.69, 9.17) is 4.52 Å². The molecule has 1 N–H and O–H groups in total. The molecular formula is C24H18N4O5S. The molecule has 0 bridgehead atoms. The molecule has 0 unspecified atom stereocenters. The first-order chi connectivity index (χ1) is 16.3. The summed E-state index contributed by atoms with van der Waals surface area (Å²) >= 11 is 0. The predicted molar refractivity (Wildman–Crippen MR) is 124 cm³/mol. The van der Waals surface area contributed by atoms with Crippen LogP contribution in [0.3, 0.4) is 0 Å². The Morgan fingerprint density at radius 1 is 1.03 bits per heavy atom. The predicted octanol–water partition coefficient (Wildman–Crippen LogP) is 4.31. The van der Waals surface area contributed by atoms with Gasteiger partial charge >= 0.3 is 5.97 Å². The van der Waals surface area contributed by atoms with Crippen LogP contribution in [-0.4, -0.2) is 38.6 Å². The molecule has 0 amide bonds. The minimum Gasteiger partial charge on any atom is -0.477 e. The summed E-state index contributed by atoms with van der Waals surface area (Å²) in [5.41, 5.74) is 3.20. The van der Waals surface area contributed by atoms with Gasteiger partial charge in [-0.05, 0) is 49.7 Å². The molecule has 0 aliphatic rings. The number of aryl methyl sites for hydroxylation is 2. The fraction of sp³-hybridized carbons (Fsp3) is 0.0833. The SMILES string of the molecule is Cc1noc(C)c1-c1cnc2c(c1)c(-c1ccnc(C(=O)O)c1)cn2S(=O)(=O)c1ccccc1. The Kier molecular flexibility index (Phi) is 5.02. The Hall–Kier alpha value is -4.31. The number of hydrogen-bond donors (Lipinski definition) is 1. The third-order valence-electron chi connectivity index (χ3n) is 5.52. The topological polar surface area (TPSA) is 128 Å². The maximum Gasteiger partial charge on any atom is 0.354 e. The second-order valence-corrected chi connectivity index (χ2v) is 9.50. The standard InChI is InChI=1S/C24H18N4O5S/c1-14-22(15(2)33-27-14)17-10-19-20(16-8-9-25-21(11-16)24(29)30)13-28(23(19)26-12-17)34(31,32)18-6-4-3-5-7-18/h3-13H,1-2H3,(H,29,30). The van der Waals surface area contributed by atoms with Gasteiger partial charge in [0.05, 0.1) is 10.6 Å². The lowest BCUT2D eigenvalue weighted by molar-refractivity contribution is 0.0690. The number of benzene rings is 1. The van der Waals surface area contributed by atoms with Gasteiger partial charge in [0, 0.05) is 40.7 Å². The maximum atomic E-state index is 13.5. The zero-order valence-corrected chi connectivity index (χ0v) is 18.9. The van der Waals surface area contributed by atoms with E-state index in [-0.39, 0.29) is 16.2 Å². The number of pyridine rings is 2. The molecule has 0 atom stereocenters. The number of rotatable bonds is 5. The molecule has 5 aromatic rings. The van der Waals surface area contributed by atoms with Gasteiger partial charge < -0.3 is 9.63 Å². The number of fused-ring (bicyclic) bond motifs is 1. The van der Waals surface area contributed by atoms with Crippen molar-refractivity contribution in [3.05, 3.63) is 84.3 Å². The minimum absolute atomic E-state index is 0.107. The normalized spacial score (nSPS) is 11.7. The quantitative estimate of drug-likeness (QED) is 0.399. The smallest absolute Gasteiger partial charge is 0.354 e. The van der Waals surface area contributed by atoms with Crippen molar-refractivity contribution in [3.63, 3.8) is 0 Å². The molecule has 4 heterocycles. The van der Waals surface area contributed by atoms with Crippen LogP contribution in [0, 0.1) is 13.8 Å². The van der Waals surface area contributed by atoms with Crippen molar-refractivity contribution in [1.29, 1.82) is 0 Å². The number of nitrogens with zero attached hydrogens (tertiary/aromatic N) is 4. The van der Waals surface area contributed by atoms with E-state index >= 15 is 0 Å². The number of hydrogen-bond acceptors (Lipinski definition) is 7. The van der Waals surface area contributed by atoms with Crippen molar-refractivity contribution in [1.82, 2.24) is 19.1 Å². The fourth-order valence-corrected chi connectivity index (χ4v) is 5.29. The molecule has 9 nitrogen and oxygen atoms in total. The lowest BCUT2D eigenvalue weighted by Gasteiger charge is -2.07. The van der Waals surface area contributed by atoms with E-state index in [1.807, 2.05) is 13.0 Å². The summed E-state index contributed by atoms with van der Waals surface area (Å²) in [5.74, 6) is -0.578. The molecule has 0 radical (unpaired) electrons. The van der Waals surface area contributed by atoms with Crippen molar-refractivity contribution < 1.29 is 22.8 Å². The van der Waals surface area contributed by atoms with E-state index in [1.165, 1.54) is 30.6 Å². The molecule has 10 heteroatoms. The summed E-state index contributed by atoms with van der Waals surface area (Å²) in [7, 11) is -3.97. The summed E-state index contributed by atoms with van der Waals surface area (Å²) in [6.07, 6.45) is 4.40. The van der Waals surface area contributed by atoms with E-state index in [9.17, 15) is 18.3 Å². The maximum absolute atomic E-state index is 13.5. The Balaban J connectivity index is 1.82. The average Bonchev–Trinajstić information content (AvgIpc) is 3.39. The van der Waals surface area contributed by atoms with Gasteiger partial charge in [-0.15, -0.1) is 0 Å². The van der Waals surface area contributed by atoms with Gasteiger partial charge in [-0.3, -0.25) is 0 Å². The molecule has 0 saturated heterocycles. The monoisotopic (exact) mass is 474 g/mol. The second-order valence-electron chi connectivity index (χ2n) is 7.69. The van der Waals surface area contributed by atoms with Crippen LogP contribution in [0.25, 0.3) is 33.3 Å². The molecule has 34 heavy (non-hydrogen) atoms. The molecule has 170 valence electrons. The lowest BCUT2D eigenvalue weighted by Crippen LogP contribution is -2.12. The third kappa shape index (κ3) is 3.44. The average molecular weight is 474 g/mol. The molecular weight excluding hydrogens is 456 g/mol. The van der Waals surface area contributed by atoms with Crippen LogP contribution >= 0.6 is 0 Å².